The van der Waals surface area contributed by atoms with E-state index in [2.05, 4.69) is 33.7 Å². The van der Waals surface area contributed by atoms with Gasteiger partial charge in [-0.25, -0.2) is 9.78 Å². The SMILES string of the molecule is CC(C)Cn1cncc1CNC(=O)N1CCC[C@H](C(=O)c2ccccn2)C1. The van der Waals surface area contributed by atoms with Gasteiger partial charge in [-0.15, -0.1) is 0 Å². The molecule has 1 fully saturated rings. The fraction of sp³-hybridized carbons (Fsp3) is 0.500. The van der Waals surface area contributed by atoms with Crippen LogP contribution in [0.3, 0.4) is 0 Å². The predicted octanol–water partition coefficient (Wildman–Crippen LogP) is 2.74. The van der Waals surface area contributed by atoms with Gasteiger partial charge in [0.2, 0.25) is 0 Å². The van der Waals surface area contributed by atoms with Crippen molar-refractivity contribution in [3.63, 3.8) is 0 Å². The number of rotatable bonds is 6. The molecule has 7 nitrogen and oxygen atoms in total. The quantitative estimate of drug-likeness (QED) is 0.794. The van der Waals surface area contributed by atoms with Crippen LogP contribution >= 0.6 is 0 Å². The third kappa shape index (κ3) is 4.93. The molecule has 144 valence electrons. The van der Waals surface area contributed by atoms with Gasteiger partial charge in [-0.05, 0) is 30.9 Å². The molecule has 1 saturated heterocycles. The number of imidazole rings is 1. The van der Waals surface area contributed by atoms with Gasteiger partial charge in [-0.3, -0.25) is 9.78 Å². The molecule has 0 saturated carbocycles. The summed E-state index contributed by atoms with van der Waals surface area (Å²) in [7, 11) is 0. The number of aromatic nitrogens is 3. The Balaban J connectivity index is 1.56. The van der Waals surface area contributed by atoms with Crippen LogP contribution in [0, 0.1) is 11.8 Å². The molecule has 1 aliphatic rings. The van der Waals surface area contributed by atoms with Crippen LogP contribution in [0.15, 0.2) is 36.9 Å². The number of ketones is 1. The van der Waals surface area contributed by atoms with Crippen molar-refractivity contribution >= 4 is 11.8 Å². The molecular weight excluding hydrogens is 342 g/mol. The summed E-state index contributed by atoms with van der Waals surface area (Å²) in [4.78, 5) is 35.3. The Morgan fingerprint density at radius 3 is 2.93 bits per heavy atom. The standard InChI is InChI=1S/C20H27N5O2/c1-15(2)12-25-14-21-10-17(25)11-23-20(27)24-9-5-6-16(13-24)19(26)18-7-3-4-8-22-18/h3-4,7-8,10,14-16H,5-6,9,11-13H2,1-2H3,(H,23,27)/t16-/m0/s1. The molecule has 0 aliphatic carbocycles. The normalized spacial score (nSPS) is 17.1. The lowest BCUT2D eigenvalue weighted by atomic mass is 9.92. The van der Waals surface area contributed by atoms with Crippen LogP contribution < -0.4 is 5.32 Å². The number of pyridine rings is 1. The van der Waals surface area contributed by atoms with E-state index in [1.54, 1.807) is 35.8 Å². The van der Waals surface area contributed by atoms with Crippen molar-refractivity contribution in [1.29, 1.82) is 0 Å². The zero-order chi connectivity index (χ0) is 19.2. The average molecular weight is 369 g/mol. The van der Waals surface area contributed by atoms with E-state index in [4.69, 9.17) is 0 Å². The summed E-state index contributed by atoms with van der Waals surface area (Å²) in [6.45, 7) is 6.70. The number of Topliss-reactive ketones (excluding diaryl/α,β-unsaturated/α-hetero) is 1. The molecule has 3 rings (SSSR count). The number of carbonyl (C=O) groups excluding carboxylic acids is 2. The van der Waals surface area contributed by atoms with Gasteiger partial charge in [0.25, 0.3) is 0 Å². The first-order valence-electron chi connectivity index (χ1n) is 9.51. The summed E-state index contributed by atoms with van der Waals surface area (Å²) in [5.41, 5.74) is 1.46. The van der Waals surface area contributed by atoms with Crippen LogP contribution in [-0.4, -0.2) is 44.3 Å². The van der Waals surface area contributed by atoms with Crippen LogP contribution in [0.1, 0.15) is 42.9 Å². The molecular formula is C20H27N5O2. The van der Waals surface area contributed by atoms with Crippen molar-refractivity contribution in [2.24, 2.45) is 11.8 Å². The van der Waals surface area contributed by atoms with Crippen molar-refractivity contribution < 1.29 is 9.59 Å². The third-order valence-corrected chi connectivity index (χ3v) is 4.78. The zero-order valence-electron chi connectivity index (χ0n) is 16.0. The van der Waals surface area contributed by atoms with Crippen molar-refractivity contribution in [1.82, 2.24) is 24.8 Å². The lowest BCUT2D eigenvalue weighted by molar-refractivity contribution is 0.0840. The molecule has 2 amide bonds. The predicted molar refractivity (Wildman–Crippen MR) is 102 cm³/mol. The van der Waals surface area contributed by atoms with Gasteiger partial charge in [-0.1, -0.05) is 19.9 Å². The number of urea groups is 1. The summed E-state index contributed by atoms with van der Waals surface area (Å²) >= 11 is 0. The van der Waals surface area contributed by atoms with Crippen LogP contribution in [-0.2, 0) is 13.1 Å². The third-order valence-electron chi connectivity index (χ3n) is 4.78. The van der Waals surface area contributed by atoms with E-state index in [0.717, 1.165) is 25.1 Å². The molecule has 7 heteroatoms. The second kappa shape index (κ2) is 8.79. The molecule has 3 heterocycles. The van der Waals surface area contributed by atoms with E-state index in [0.29, 0.717) is 31.2 Å². The van der Waals surface area contributed by atoms with Gasteiger partial charge in [0.15, 0.2) is 5.78 Å². The van der Waals surface area contributed by atoms with E-state index < -0.39 is 0 Å². The number of nitrogens with zero attached hydrogens (tertiary/aromatic N) is 4. The first-order valence-corrected chi connectivity index (χ1v) is 9.51. The van der Waals surface area contributed by atoms with Crippen LogP contribution in [0.4, 0.5) is 4.79 Å². The summed E-state index contributed by atoms with van der Waals surface area (Å²) in [6.07, 6.45) is 6.82. The number of hydrogen-bond acceptors (Lipinski definition) is 4. The maximum atomic E-state index is 12.6. The average Bonchev–Trinajstić information content (AvgIpc) is 3.12. The Morgan fingerprint density at radius 1 is 1.33 bits per heavy atom. The molecule has 27 heavy (non-hydrogen) atoms. The van der Waals surface area contributed by atoms with Crippen LogP contribution in [0.2, 0.25) is 0 Å². The van der Waals surface area contributed by atoms with Gasteiger partial charge < -0.3 is 14.8 Å². The number of carbonyl (C=O) groups is 2. The van der Waals surface area contributed by atoms with Gasteiger partial charge in [0.05, 0.1) is 18.6 Å². The lowest BCUT2D eigenvalue weighted by Gasteiger charge is -2.32. The van der Waals surface area contributed by atoms with Gasteiger partial charge >= 0.3 is 6.03 Å². The van der Waals surface area contributed by atoms with Gasteiger partial charge in [-0.2, -0.15) is 0 Å². The Labute approximate surface area is 159 Å². The fourth-order valence-electron chi connectivity index (χ4n) is 3.42. The minimum atomic E-state index is -0.189. The highest BCUT2D eigenvalue weighted by Crippen LogP contribution is 2.20. The van der Waals surface area contributed by atoms with Gasteiger partial charge in [0.1, 0.15) is 5.69 Å². The molecule has 2 aromatic heterocycles. The van der Waals surface area contributed by atoms with Crippen LogP contribution in [0.5, 0.6) is 0 Å². The highest BCUT2D eigenvalue weighted by Gasteiger charge is 2.29. The van der Waals surface area contributed by atoms with Gasteiger partial charge in [0, 0.05) is 37.9 Å². The molecule has 0 unspecified atom stereocenters. The van der Waals surface area contributed by atoms with E-state index >= 15 is 0 Å². The Morgan fingerprint density at radius 2 is 2.19 bits per heavy atom. The Kier molecular flexibility index (Phi) is 6.21. The number of hydrogen-bond donors (Lipinski definition) is 1. The molecule has 1 N–H and O–H groups in total. The highest BCUT2D eigenvalue weighted by molar-refractivity contribution is 5.96. The fourth-order valence-corrected chi connectivity index (χ4v) is 3.42. The molecule has 0 bridgehead atoms. The molecule has 1 atom stereocenters. The van der Waals surface area contributed by atoms with Crippen molar-refractivity contribution in [3.8, 4) is 0 Å². The zero-order valence-corrected chi connectivity index (χ0v) is 16.0. The number of amides is 2. The largest absolute Gasteiger partial charge is 0.333 e. The summed E-state index contributed by atoms with van der Waals surface area (Å²) < 4.78 is 2.06. The topological polar surface area (TPSA) is 80.1 Å². The Hall–Kier alpha value is -2.70. The van der Waals surface area contributed by atoms with Crippen molar-refractivity contribution in [2.75, 3.05) is 13.1 Å². The number of piperidine rings is 1. The van der Waals surface area contributed by atoms with E-state index in [9.17, 15) is 9.59 Å². The summed E-state index contributed by atoms with van der Waals surface area (Å²) in [5, 5.41) is 2.97. The first kappa shape index (κ1) is 19.1. The number of nitrogens with one attached hydrogen (secondary N) is 1. The molecule has 0 aromatic carbocycles. The summed E-state index contributed by atoms with van der Waals surface area (Å²) in [5.74, 6) is 0.336. The minimum Gasteiger partial charge on any atom is -0.333 e. The molecule has 1 aliphatic heterocycles. The van der Waals surface area contributed by atoms with E-state index in [1.165, 1.54) is 0 Å². The van der Waals surface area contributed by atoms with E-state index in [1.807, 2.05) is 6.07 Å². The lowest BCUT2D eigenvalue weighted by Crippen LogP contribution is -2.47. The molecule has 2 aromatic rings. The number of likely N-dealkylation sites (tertiary alicyclic amines) is 1. The second-order valence-corrected chi connectivity index (χ2v) is 7.45. The summed E-state index contributed by atoms with van der Waals surface area (Å²) in [6, 6.07) is 5.21. The Bertz CT molecular complexity index is 772. The monoisotopic (exact) mass is 369 g/mol. The van der Waals surface area contributed by atoms with E-state index in [-0.39, 0.29) is 17.7 Å². The van der Waals surface area contributed by atoms with Crippen molar-refractivity contribution in [3.05, 3.63) is 48.3 Å². The molecule has 0 radical (unpaired) electrons. The minimum absolute atomic E-state index is 0.0168. The van der Waals surface area contributed by atoms with Crippen LogP contribution in [0.25, 0.3) is 0 Å². The highest BCUT2D eigenvalue weighted by atomic mass is 16.2. The smallest absolute Gasteiger partial charge is 0.317 e. The first-order chi connectivity index (χ1) is 13.0. The second-order valence-electron chi connectivity index (χ2n) is 7.45. The molecule has 0 spiro atoms. The van der Waals surface area contributed by atoms with Crippen molar-refractivity contribution in [2.45, 2.75) is 39.8 Å². The maximum Gasteiger partial charge on any atom is 0.317 e. The maximum absolute atomic E-state index is 12.6.